The highest BCUT2D eigenvalue weighted by molar-refractivity contribution is 4.70. The molecule has 0 saturated heterocycles. The first-order chi connectivity index (χ1) is 9.22. The zero-order chi connectivity index (χ0) is 14.3. The highest BCUT2D eigenvalue weighted by atomic mass is 16.3. The van der Waals surface area contributed by atoms with Crippen molar-refractivity contribution in [3.05, 3.63) is 0 Å². The van der Waals surface area contributed by atoms with Gasteiger partial charge in [0.15, 0.2) is 0 Å². The van der Waals surface area contributed by atoms with Crippen molar-refractivity contribution in [2.75, 3.05) is 6.61 Å². The maximum absolute atomic E-state index is 9.58. The number of aliphatic hydroxyl groups is 2. The Morgan fingerprint density at radius 1 is 0.789 bits per heavy atom. The Morgan fingerprint density at radius 3 is 1.63 bits per heavy atom. The average Bonchev–Trinajstić information content (AvgIpc) is 2.43. The van der Waals surface area contributed by atoms with Gasteiger partial charge in [-0.1, -0.05) is 77.6 Å². The number of nitrogens with two attached hydrogens (primary N) is 1. The molecule has 0 aromatic carbocycles. The normalized spacial score (nSPS) is 14.5. The molecule has 0 fully saturated rings. The van der Waals surface area contributed by atoms with Crippen LogP contribution in [0.4, 0.5) is 0 Å². The van der Waals surface area contributed by atoms with Gasteiger partial charge < -0.3 is 15.9 Å². The second-order valence-corrected chi connectivity index (χ2v) is 5.74. The van der Waals surface area contributed by atoms with E-state index in [9.17, 15) is 5.11 Å². The van der Waals surface area contributed by atoms with Crippen LogP contribution in [0.3, 0.4) is 0 Å². The predicted molar refractivity (Wildman–Crippen MR) is 82.1 cm³/mol. The van der Waals surface area contributed by atoms with Crippen molar-refractivity contribution in [1.29, 1.82) is 0 Å². The summed E-state index contributed by atoms with van der Waals surface area (Å²) >= 11 is 0. The maximum Gasteiger partial charge on any atom is 0.0713 e. The van der Waals surface area contributed by atoms with Crippen molar-refractivity contribution < 1.29 is 10.2 Å². The molecule has 2 atom stereocenters. The predicted octanol–water partition coefficient (Wildman–Crippen LogP) is 3.37. The zero-order valence-electron chi connectivity index (χ0n) is 12.8. The van der Waals surface area contributed by atoms with Crippen LogP contribution < -0.4 is 5.73 Å². The SMILES string of the molecule is CCCCCCCCCCCCCC(O)C(N)CO. The molecular weight excluding hydrogens is 238 g/mol. The van der Waals surface area contributed by atoms with E-state index in [2.05, 4.69) is 6.92 Å². The standard InChI is InChI=1S/C16H35NO2/c1-2-3-4-5-6-7-8-9-10-11-12-13-16(19)15(17)14-18/h15-16,18-19H,2-14,17H2,1H3. The summed E-state index contributed by atoms with van der Waals surface area (Å²) in [6.45, 7) is 2.13. The van der Waals surface area contributed by atoms with Gasteiger partial charge in [-0.05, 0) is 6.42 Å². The van der Waals surface area contributed by atoms with Gasteiger partial charge in [0.25, 0.3) is 0 Å². The van der Waals surface area contributed by atoms with E-state index in [0.29, 0.717) is 0 Å². The van der Waals surface area contributed by atoms with E-state index in [0.717, 1.165) is 12.8 Å². The first-order valence-corrected chi connectivity index (χ1v) is 8.26. The Morgan fingerprint density at radius 2 is 1.21 bits per heavy atom. The lowest BCUT2D eigenvalue weighted by Crippen LogP contribution is -2.37. The molecule has 4 N–H and O–H groups in total. The molecule has 0 radical (unpaired) electrons. The van der Waals surface area contributed by atoms with Gasteiger partial charge in [-0.3, -0.25) is 0 Å². The van der Waals surface area contributed by atoms with Gasteiger partial charge in [0.1, 0.15) is 0 Å². The fraction of sp³-hybridized carbons (Fsp3) is 1.00. The molecule has 0 saturated carbocycles. The highest BCUT2D eigenvalue weighted by Crippen LogP contribution is 2.12. The lowest BCUT2D eigenvalue weighted by molar-refractivity contribution is 0.0990. The summed E-state index contributed by atoms with van der Waals surface area (Å²) in [5.41, 5.74) is 5.55. The third-order valence-corrected chi connectivity index (χ3v) is 3.81. The quantitative estimate of drug-likeness (QED) is 0.425. The van der Waals surface area contributed by atoms with Gasteiger partial charge in [0.05, 0.1) is 18.8 Å². The Hall–Kier alpha value is -0.120. The van der Waals surface area contributed by atoms with E-state index in [-0.39, 0.29) is 6.61 Å². The molecule has 0 aliphatic heterocycles. The molecule has 3 heteroatoms. The summed E-state index contributed by atoms with van der Waals surface area (Å²) in [6.07, 6.45) is 14.6. The van der Waals surface area contributed by atoms with Gasteiger partial charge in [-0.2, -0.15) is 0 Å². The summed E-state index contributed by atoms with van der Waals surface area (Å²) in [6, 6.07) is -0.469. The molecule has 0 aromatic rings. The molecule has 0 rings (SSSR count). The summed E-state index contributed by atoms with van der Waals surface area (Å²) in [7, 11) is 0. The Labute approximate surface area is 119 Å². The first kappa shape index (κ1) is 18.9. The molecule has 0 aliphatic carbocycles. The van der Waals surface area contributed by atoms with Crippen LogP contribution in [-0.2, 0) is 0 Å². The van der Waals surface area contributed by atoms with Crippen LogP contribution in [0.25, 0.3) is 0 Å². The van der Waals surface area contributed by atoms with E-state index < -0.39 is 12.1 Å². The molecule has 2 unspecified atom stereocenters. The van der Waals surface area contributed by atoms with Crippen LogP contribution in [0.15, 0.2) is 0 Å². The fourth-order valence-electron chi connectivity index (χ4n) is 2.35. The minimum atomic E-state index is -0.538. The second-order valence-electron chi connectivity index (χ2n) is 5.74. The number of hydrogen-bond donors (Lipinski definition) is 3. The summed E-state index contributed by atoms with van der Waals surface area (Å²) in [5.74, 6) is 0. The van der Waals surface area contributed by atoms with E-state index >= 15 is 0 Å². The molecule has 0 amide bonds. The molecule has 0 spiro atoms. The van der Waals surface area contributed by atoms with Crippen molar-refractivity contribution in [1.82, 2.24) is 0 Å². The minimum Gasteiger partial charge on any atom is -0.395 e. The maximum atomic E-state index is 9.58. The van der Waals surface area contributed by atoms with Crippen LogP contribution in [-0.4, -0.2) is 29.0 Å². The van der Waals surface area contributed by atoms with E-state index in [4.69, 9.17) is 10.8 Å². The third kappa shape index (κ3) is 12.6. The van der Waals surface area contributed by atoms with Gasteiger partial charge in [-0.15, -0.1) is 0 Å². The molecule has 3 nitrogen and oxygen atoms in total. The minimum absolute atomic E-state index is 0.126. The van der Waals surface area contributed by atoms with Crippen molar-refractivity contribution >= 4 is 0 Å². The molecular formula is C16H35NO2. The average molecular weight is 273 g/mol. The Bertz CT molecular complexity index is 176. The van der Waals surface area contributed by atoms with E-state index in [1.54, 1.807) is 0 Å². The van der Waals surface area contributed by atoms with Crippen LogP contribution in [0, 0.1) is 0 Å². The van der Waals surface area contributed by atoms with Gasteiger partial charge >= 0.3 is 0 Å². The van der Waals surface area contributed by atoms with Gasteiger partial charge in [0.2, 0.25) is 0 Å². The van der Waals surface area contributed by atoms with Crippen molar-refractivity contribution in [2.24, 2.45) is 5.73 Å². The first-order valence-electron chi connectivity index (χ1n) is 8.26. The molecule has 0 aliphatic rings. The molecule has 116 valence electrons. The smallest absolute Gasteiger partial charge is 0.0713 e. The lowest BCUT2D eigenvalue weighted by atomic mass is 10.0. The molecule has 0 bridgehead atoms. The largest absolute Gasteiger partial charge is 0.395 e. The van der Waals surface area contributed by atoms with Crippen LogP contribution in [0.2, 0.25) is 0 Å². The number of unbranched alkanes of at least 4 members (excludes halogenated alkanes) is 10. The summed E-state index contributed by atoms with van der Waals surface area (Å²) < 4.78 is 0. The lowest BCUT2D eigenvalue weighted by Gasteiger charge is -2.15. The van der Waals surface area contributed by atoms with E-state index in [1.165, 1.54) is 64.2 Å². The van der Waals surface area contributed by atoms with E-state index in [1.807, 2.05) is 0 Å². The van der Waals surface area contributed by atoms with Crippen molar-refractivity contribution in [3.63, 3.8) is 0 Å². The highest BCUT2D eigenvalue weighted by Gasteiger charge is 2.12. The fourth-order valence-corrected chi connectivity index (χ4v) is 2.35. The Balaban J connectivity index is 3.10. The molecule has 19 heavy (non-hydrogen) atoms. The topological polar surface area (TPSA) is 66.5 Å². The van der Waals surface area contributed by atoms with Crippen molar-refractivity contribution in [3.8, 4) is 0 Å². The number of rotatable bonds is 14. The third-order valence-electron chi connectivity index (χ3n) is 3.81. The zero-order valence-corrected chi connectivity index (χ0v) is 12.8. The second kappa shape index (κ2) is 14.3. The van der Waals surface area contributed by atoms with Crippen molar-refractivity contribution in [2.45, 2.75) is 96.1 Å². The Kier molecular flexibility index (Phi) is 14.2. The summed E-state index contributed by atoms with van der Waals surface area (Å²) in [5, 5.41) is 18.4. The number of hydrogen-bond acceptors (Lipinski definition) is 3. The number of aliphatic hydroxyl groups excluding tert-OH is 2. The van der Waals surface area contributed by atoms with Crippen LogP contribution >= 0.6 is 0 Å². The van der Waals surface area contributed by atoms with Gasteiger partial charge in [-0.25, -0.2) is 0 Å². The monoisotopic (exact) mass is 273 g/mol. The van der Waals surface area contributed by atoms with Crippen LogP contribution in [0.1, 0.15) is 84.0 Å². The summed E-state index contributed by atoms with van der Waals surface area (Å²) in [4.78, 5) is 0. The molecule has 0 aromatic heterocycles. The molecule has 0 heterocycles. The van der Waals surface area contributed by atoms with Crippen LogP contribution in [0.5, 0.6) is 0 Å². The van der Waals surface area contributed by atoms with Gasteiger partial charge in [0, 0.05) is 0 Å².